The Morgan fingerprint density at radius 3 is 2.39 bits per heavy atom. The first kappa shape index (κ1) is 14.9. The van der Waals surface area contributed by atoms with Crippen molar-refractivity contribution in [3.63, 3.8) is 0 Å². The van der Waals surface area contributed by atoms with E-state index in [9.17, 15) is 14.3 Å². The summed E-state index contributed by atoms with van der Waals surface area (Å²) in [6.07, 6.45) is 3.29. The molecule has 1 aromatic carbocycles. The second-order valence-corrected chi connectivity index (χ2v) is 5.15. The van der Waals surface area contributed by atoms with Crippen molar-refractivity contribution in [2.24, 2.45) is 0 Å². The zero-order valence-corrected chi connectivity index (χ0v) is 12.3. The van der Waals surface area contributed by atoms with Crippen molar-refractivity contribution < 1.29 is 14.3 Å². The molecule has 116 valence electrons. The molecule has 0 aliphatic heterocycles. The summed E-state index contributed by atoms with van der Waals surface area (Å²) < 4.78 is 13.2. The van der Waals surface area contributed by atoms with Crippen LogP contribution < -0.4 is 0 Å². The second-order valence-electron chi connectivity index (χ2n) is 5.15. The van der Waals surface area contributed by atoms with Gasteiger partial charge in [0.2, 0.25) is 0 Å². The minimum Gasteiger partial charge on any atom is -0.481 e. The number of imidazole rings is 1. The predicted molar refractivity (Wildman–Crippen MR) is 83.3 cm³/mol. The van der Waals surface area contributed by atoms with Gasteiger partial charge in [0.15, 0.2) is 0 Å². The number of hydrogen-bond acceptors (Lipinski definition) is 3. The summed E-state index contributed by atoms with van der Waals surface area (Å²) in [6, 6.07) is 9.53. The van der Waals surface area contributed by atoms with Gasteiger partial charge < -0.3 is 10.1 Å². The lowest BCUT2D eigenvalue weighted by atomic mass is 10.1. The van der Waals surface area contributed by atoms with E-state index in [1.807, 2.05) is 0 Å². The molecule has 1 unspecified atom stereocenters. The molecule has 5 nitrogen and oxygen atoms in total. The van der Waals surface area contributed by atoms with E-state index in [0.717, 1.165) is 5.56 Å². The summed E-state index contributed by atoms with van der Waals surface area (Å²) in [6.45, 7) is 1.56. The Bertz CT molecular complexity index is 829. The summed E-state index contributed by atoms with van der Waals surface area (Å²) in [5.41, 5.74) is 2.80. The molecule has 1 atom stereocenters. The van der Waals surface area contributed by atoms with Gasteiger partial charge in [-0.3, -0.25) is 9.78 Å². The normalized spacial score (nSPS) is 12.1. The van der Waals surface area contributed by atoms with Crippen LogP contribution in [0.3, 0.4) is 0 Å². The average molecular weight is 311 g/mol. The topological polar surface area (TPSA) is 78.9 Å². The van der Waals surface area contributed by atoms with Crippen LogP contribution in [0.5, 0.6) is 0 Å². The first-order valence-corrected chi connectivity index (χ1v) is 7.05. The van der Waals surface area contributed by atoms with Crippen molar-refractivity contribution in [1.29, 1.82) is 0 Å². The molecule has 0 saturated carbocycles. The van der Waals surface area contributed by atoms with Crippen LogP contribution in [0.4, 0.5) is 4.39 Å². The van der Waals surface area contributed by atoms with Gasteiger partial charge in [-0.25, -0.2) is 9.37 Å². The third-order valence-electron chi connectivity index (χ3n) is 3.59. The third kappa shape index (κ3) is 2.96. The number of pyridine rings is 1. The molecule has 6 heteroatoms. The van der Waals surface area contributed by atoms with Gasteiger partial charge in [0.25, 0.3) is 0 Å². The maximum atomic E-state index is 13.2. The van der Waals surface area contributed by atoms with Crippen LogP contribution in [0.25, 0.3) is 22.5 Å². The van der Waals surface area contributed by atoms with Gasteiger partial charge in [-0.15, -0.1) is 0 Å². The molecule has 23 heavy (non-hydrogen) atoms. The first-order chi connectivity index (χ1) is 11.1. The standard InChI is InChI=1S/C17H14FN3O2/c1-10(17(22)23)16-20-14(11-2-4-13(18)5-3-11)15(21-16)12-6-8-19-9-7-12/h2-10H,1H3,(H,20,21)(H,22,23). The van der Waals surface area contributed by atoms with Gasteiger partial charge in [-0.2, -0.15) is 0 Å². The number of nitrogens with zero attached hydrogens (tertiary/aromatic N) is 2. The summed E-state index contributed by atoms with van der Waals surface area (Å²) in [5, 5.41) is 9.19. The molecule has 0 spiro atoms. The fourth-order valence-electron chi connectivity index (χ4n) is 2.26. The van der Waals surface area contributed by atoms with Crippen LogP contribution in [0.2, 0.25) is 0 Å². The lowest BCUT2D eigenvalue weighted by Crippen LogP contribution is -2.08. The molecule has 3 aromatic rings. The Morgan fingerprint density at radius 1 is 1.13 bits per heavy atom. The lowest BCUT2D eigenvalue weighted by Gasteiger charge is -2.02. The number of H-pyrrole nitrogens is 1. The van der Waals surface area contributed by atoms with E-state index >= 15 is 0 Å². The molecule has 0 saturated heterocycles. The number of aliphatic carboxylic acids is 1. The molecule has 2 heterocycles. The van der Waals surface area contributed by atoms with Crippen molar-refractivity contribution in [2.75, 3.05) is 0 Å². The van der Waals surface area contributed by atoms with Gasteiger partial charge in [0, 0.05) is 23.5 Å². The molecular formula is C17H14FN3O2. The van der Waals surface area contributed by atoms with Crippen LogP contribution in [0.15, 0.2) is 48.8 Å². The van der Waals surface area contributed by atoms with Gasteiger partial charge in [0.05, 0.1) is 11.4 Å². The minimum absolute atomic E-state index is 0.339. The van der Waals surface area contributed by atoms with Crippen LogP contribution in [-0.2, 0) is 4.79 Å². The minimum atomic E-state index is -0.967. The number of nitrogens with one attached hydrogen (secondary N) is 1. The predicted octanol–water partition coefficient (Wildman–Crippen LogP) is 3.47. The average Bonchev–Trinajstić information content (AvgIpc) is 3.00. The van der Waals surface area contributed by atoms with Crippen LogP contribution in [0, 0.1) is 5.82 Å². The number of hydrogen-bond donors (Lipinski definition) is 2. The number of carboxylic acids is 1. The highest BCUT2D eigenvalue weighted by atomic mass is 19.1. The number of aromatic nitrogens is 3. The fraction of sp³-hybridized carbons (Fsp3) is 0.118. The maximum absolute atomic E-state index is 13.2. The van der Waals surface area contributed by atoms with Crippen molar-refractivity contribution in [1.82, 2.24) is 15.0 Å². The Hall–Kier alpha value is -3.02. The summed E-state index contributed by atoms with van der Waals surface area (Å²) >= 11 is 0. The highest BCUT2D eigenvalue weighted by molar-refractivity contribution is 5.80. The van der Waals surface area contributed by atoms with Crippen molar-refractivity contribution in [3.05, 3.63) is 60.4 Å². The molecule has 0 aliphatic carbocycles. The van der Waals surface area contributed by atoms with Crippen LogP contribution in [0.1, 0.15) is 18.7 Å². The molecule has 0 fully saturated rings. The quantitative estimate of drug-likeness (QED) is 0.773. The number of carboxylic acid groups (broad SMARTS) is 1. The Balaban J connectivity index is 2.16. The van der Waals surface area contributed by atoms with Crippen molar-refractivity contribution in [3.8, 4) is 22.5 Å². The van der Waals surface area contributed by atoms with Crippen molar-refractivity contribution in [2.45, 2.75) is 12.8 Å². The smallest absolute Gasteiger partial charge is 0.313 e. The van der Waals surface area contributed by atoms with Crippen molar-refractivity contribution >= 4 is 5.97 Å². The monoisotopic (exact) mass is 311 g/mol. The summed E-state index contributed by atoms with van der Waals surface area (Å²) in [7, 11) is 0. The van der Waals surface area contributed by atoms with Gasteiger partial charge in [-0.1, -0.05) is 0 Å². The van der Waals surface area contributed by atoms with Crippen LogP contribution >= 0.6 is 0 Å². The maximum Gasteiger partial charge on any atom is 0.313 e. The highest BCUT2D eigenvalue weighted by Gasteiger charge is 2.21. The van der Waals surface area contributed by atoms with E-state index in [1.165, 1.54) is 12.1 Å². The largest absolute Gasteiger partial charge is 0.481 e. The number of rotatable bonds is 4. The molecule has 0 amide bonds. The Kier molecular flexibility index (Phi) is 3.89. The second kappa shape index (κ2) is 6.00. The molecule has 0 aliphatic rings. The number of carbonyl (C=O) groups is 1. The van der Waals surface area contributed by atoms with Gasteiger partial charge in [0.1, 0.15) is 17.6 Å². The summed E-state index contributed by atoms with van der Waals surface area (Å²) in [4.78, 5) is 22.7. The van der Waals surface area contributed by atoms with Crippen LogP contribution in [-0.4, -0.2) is 26.0 Å². The molecule has 0 radical (unpaired) electrons. The zero-order chi connectivity index (χ0) is 16.4. The SMILES string of the molecule is CC(C(=O)O)c1nc(-c2ccc(F)cc2)c(-c2ccncc2)[nH]1. The van der Waals surface area contributed by atoms with Gasteiger partial charge in [-0.05, 0) is 43.3 Å². The molecule has 2 N–H and O–H groups in total. The molecule has 2 aromatic heterocycles. The van der Waals surface area contributed by atoms with E-state index < -0.39 is 11.9 Å². The van der Waals surface area contributed by atoms with E-state index in [0.29, 0.717) is 22.8 Å². The Labute approximate surface area is 131 Å². The zero-order valence-electron chi connectivity index (χ0n) is 12.3. The van der Waals surface area contributed by atoms with E-state index in [4.69, 9.17) is 0 Å². The lowest BCUT2D eigenvalue weighted by molar-refractivity contribution is -0.138. The molecule has 0 bridgehead atoms. The number of aromatic amines is 1. The molecular weight excluding hydrogens is 297 g/mol. The number of halogens is 1. The molecule has 3 rings (SSSR count). The van der Waals surface area contributed by atoms with E-state index in [2.05, 4.69) is 15.0 Å². The van der Waals surface area contributed by atoms with E-state index in [1.54, 1.807) is 43.6 Å². The van der Waals surface area contributed by atoms with Gasteiger partial charge >= 0.3 is 5.97 Å². The summed E-state index contributed by atoms with van der Waals surface area (Å²) in [5.74, 6) is -1.73. The third-order valence-corrected chi connectivity index (χ3v) is 3.59. The fourth-order valence-corrected chi connectivity index (χ4v) is 2.26. The number of benzene rings is 1. The van der Waals surface area contributed by atoms with E-state index in [-0.39, 0.29) is 5.82 Å². The highest BCUT2D eigenvalue weighted by Crippen LogP contribution is 2.31. The first-order valence-electron chi connectivity index (χ1n) is 7.05. The Morgan fingerprint density at radius 2 is 1.78 bits per heavy atom.